The van der Waals surface area contributed by atoms with E-state index in [-0.39, 0.29) is 18.1 Å². The van der Waals surface area contributed by atoms with Crippen molar-refractivity contribution in [1.82, 2.24) is 5.32 Å². The van der Waals surface area contributed by atoms with Gasteiger partial charge in [-0.1, -0.05) is 12.1 Å². The average Bonchev–Trinajstić information content (AvgIpc) is 2.14. The average molecular weight is 238 g/mol. The van der Waals surface area contributed by atoms with Crippen LogP contribution in [0.2, 0.25) is 0 Å². The molecule has 1 aromatic rings. The number of halogens is 1. The zero-order valence-electron chi connectivity index (χ0n) is 10.3. The van der Waals surface area contributed by atoms with Crippen LogP contribution in [0.3, 0.4) is 0 Å². The SMILES string of the molecule is CC(C)(N)CC(=O)NCCc1cccc(F)c1. The van der Waals surface area contributed by atoms with Gasteiger partial charge in [-0.15, -0.1) is 0 Å². The Hall–Kier alpha value is -1.42. The Morgan fingerprint density at radius 2 is 2.18 bits per heavy atom. The van der Waals surface area contributed by atoms with Crippen LogP contribution in [-0.2, 0) is 11.2 Å². The van der Waals surface area contributed by atoms with Gasteiger partial charge in [-0.2, -0.15) is 0 Å². The van der Waals surface area contributed by atoms with E-state index in [1.807, 2.05) is 6.07 Å². The number of carbonyl (C=O) groups excluding carboxylic acids is 1. The van der Waals surface area contributed by atoms with E-state index < -0.39 is 5.54 Å². The highest BCUT2D eigenvalue weighted by Crippen LogP contribution is 2.05. The molecule has 3 nitrogen and oxygen atoms in total. The fourth-order valence-electron chi connectivity index (χ4n) is 1.52. The molecule has 0 fully saturated rings. The number of hydrogen-bond donors (Lipinski definition) is 2. The highest BCUT2D eigenvalue weighted by atomic mass is 19.1. The van der Waals surface area contributed by atoms with E-state index in [0.717, 1.165) is 5.56 Å². The van der Waals surface area contributed by atoms with Gasteiger partial charge in [-0.25, -0.2) is 4.39 Å². The minimum Gasteiger partial charge on any atom is -0.356 e. The molecule has 0 bridgehead atoms. The van der Waals surface area contributed by atoms with Crippen molar-refractivity contribution in [2.24, 2.45) is 5.73 Å². The molecule has 3 N–H and O–H groups in total. The Morgan fingerprint density at radius 1 is 1.47 bits per heavy atom. The molecule has 0 heterocycles. The summed E-state index contributed by atoms with van der Waals surface area (Å²) in [7, 11) is 0. The molecule has 0 aliphatic carbocycles. The molecule has 0 atom stereocenters. The molecule has 1 rings (SSSR count). The van der Waals surface area contributed by atoms with Crippen molar-refractivity contribution >= 4 is 5.91 Å². The lowest BCUT2D eigenvalue weighted by Gasteiger charge is -2.17. The fourth-order valence-corrected chi connectivity index (χ4v) is 1.52. The van der Waals surface area contributed by atoms with E-state index >= 15 is 0 Å². The van der Waals surface area contributed by atoms with E-state index in [1.165, 1.54) is 12.1 Å². The molecule has 1 aromatic carbocycles. The Bertz CT molecular complexity index is 385. The molecule has 0 aliphatic rings. The minimum absolute atomic E-state index is 0.0751. The van der Waals surface area contributed by atoms with Crippen LogP contribution in [0.1, 0.15) is 25.8 Å². The molecule has 0 radical (unpaired) electrons. The van der Waals surface area contributed by atoms with Crippen LogP contribution in [0.15, 0.2) is 24.3 Å². The first-order chi connectivity index (χ1) is 7.87. The van der Waals surface area contributed by atoms with Crippen molar-refractivity contribution in [1.29, 1.82) is 0 Å². The summed E-state index contributed by atoms with van der Waals surface area (Å²) < 4.78 is 12.9. The number of nitrogens with one attached hydrogen (secondary N) is 1. The van der Waals surface area contributed by atoms with Gasteiger partial charge in [0.1, 0.15) is 5.82 Å². The molecule has 0 spiro atoms. The van der Waals surface area contributed by atoms with Crippen LogP contribution in [0.4, 0.5) is 4.39 Å². The van der Waals surface area contributed by atoms with E-state index in [0.29, 0.717) is 13.0 Å². The number of amides is 1. The number of carbonyl (C=O) groups is 1. The second-order valence-electron chi connectivity index (χ2n) is 4.90. The summed E-state index contributed by atoms with van der Waals surface area (Å²) in [5.74, 6) is -0.328. The van der Waals surface area contributed by atoms with E-state index in [4.69, 9.17) is 5.73 Å². The molecular weight excluding hydrogens is 219 g/mol. The number of hydrogen-bond acceptors (Lipinski definition) is 2. The van der Waals surface area contributed by atoms with Crippen molar-refractivity contribution in [3.05, 3.63) is 35.6 Å². The predicted octanol–water partition coefficient (Wildman–Crippen LogP) is 1.61. The van der Waals surface area contributed by atoms with Crippen LogP contribution >= 0.6 is 0 Å². The molecular formula is C13H19FN2O. The van der Waals surface area contributed by atoms with Gasteiger partial charge in [0.05, 0.1) is 0 Å². The summed E-state index contributed by atoms with van der Waals surface area (Å²) in [4.78, 5) is 11.5. The van der Waals surface area contributed by atoms with Gasteiger partial charge in [0, 0.05) is 18.5 Å². The summed E-state index contributed by atoms with van der Waals surface area (Å²) in [6.45, 7) is 4.11. The van der Waals surface area contributed by atoms with Crippen molar-refractivity contribution in [3.63, 3.8) is 0 Å². The first kappa shape index (κ1) is 13.6. The van der Waals surface area contributed by atoms with E-state index in [2.05, 4.69) is 5.32 Å². The van der Waals surface area contributed by atoms with Crippen molar-refractivity contribution in [2.45, 2.75) is 32.2 Å². The molecule has 94 valence electrons. The third-order valence-electron chi connectivity index (χ3n) is 2.24. The van der Waals surface area contributed by atoms with Crippen molar-refractivity contribution < 1.29 is 9.18 Å². The van der Waals surface area contributed by atoms with Gasteiger partial charge in [-0.05, 0) is 38.0 Å². The van der Waals surface area contributed by atoms with Gasteiger partial charge >= 0.3 is 0 Å². The summed E-state index contributed by atoms with van der Waals surface area (Å²) in [5, 5.41) is 2.77. The Balaban J connectivity index is 2.31. The Morgan fingerprint density at radius 3 is 2.76 bits per heavy atom. The molecule has 1 amide bonds. The third kappa shape index (κ3) is 6.02. The summed E-state index contributed by atoms with van der Waals surface area (Å²) in [6, 6.07) is 6.37. The lowest BCUT2D eigenvalue weighted by molar-refractivity contribution is -0.121. The maximum absolute atomic E-state index is 12.9. The standard InChI is InChI=1S/C13H19FN2O/c1-13(2,15)9-12(17)16-7-6-10-4-3-5-11(14)8-10/h3-5,8H,6-7,9,15H2,1-2H3,(H,16,17). The third-order valence-corrected chi connectivity index (χ3v) is 2.24. The molecule has 0 saturated heterocycles. The summed E-state index contributed by atoms with van der Waals surface area (Å²) in [6.07, 6.45) is 0.907. The number of benzene rings is 1. The molecule has 17 heavy (non-hydrogen) atoms. The highest BCUT2D eigenvalue weighted by Gasteiger charge is 2.15. The zero-order valence-corrected chi connectivity index (χ0v) is 10.3. The van der Waals surface area contributed by atoms with Crippen LogP contribution in [-0.4, -0.2) is 18.0 Å². The zero-order chi connectivity index (χ0) is 12.9. The van der Waals surface area contributed by atoms with Gasteiger partial charge in [0.25, 0.3) is 0 Å². The molecule has 0 unspecified atom stereocenters. The molecule has 0 aromatic heterocycles. The fraction of sp³-hybridized carbons (Fsp3) is 0.462. The maximum atomic E-state index is 12.9. The van der Waals surface area contributed by atoms with Crippen LogP contribution in [0.5, 0.6) is 0 Å². The maximum Gasteiger partial charge on any atom is 0.221 e. The monoisotopic (exact) mass is 238 g/mol. The summed E-state index contributed by atoms with van der Waals surface area (Å²) >= 11 is 0. The van der Waals surface area contributed by atoms with E-state index in [1.54, 1.807) is 19.9 Å². The highest BCUT2D eigenvalue weighted by molar-refractivity contribution is 5.77. The minimum atomic E-state index is -0.497. The first-order valence-corrected chi connectivity index (χ1v) is 5.67. The quantitative estimate of drug-likeness (QED) is 0.819. The second kappa shape index (κ2) is 5.77. The lowest BCUT2D eigenvalue weighted by atomic mass is 10.0. The Labute approximate surface area is 101 Å². The second-order valence-corrected chi connectivity index (χ2v) is 4.90. The predicted molar refractivity (Wildman–Crippen MR) is 66.0 cm³/mol. The van der Waals surface area contributed by atoms with Crippen molar-refractivity contribution in [2.75, 3.05) is 6.54 Å². The van der Waals surface area contributed by atoms with Crippen molar-refractivity contribution in [3.8, 4) is 0 Å². The van der Waals surface area contributed by atoms with Gasteiger partial charge in [0.2, 0.25) is 5.91 Å². The smallest absolute Gasteiger partial charge is 0.221 e. The normalized spacial score (nSPS) is 11.3. The van der Waals surface area contributed by atoms with Crippen LogP contribution in [0.25, 0.3) is 0 Å². The number of nitrogens with two attached hydrogens (primary N) is 1. The first-order valence-electron chi connectivity index (χ1n) is 5.67. The Kier molecular flexibility index (Phi) is 4.63. The lowest BCUT2D eigenvalue weighted by Crippen LogP contribution is -2.39. The topological polar surface area (TPSA) is 55.1 Å². The largest absolute Gasteiger partial charge is 0.356 e. The molecule has 0 saturated carbocycles. The van der Waals surface area contributed by atoms with E-state index in [9.17, 15) is 9.18 Å². The van der Waals surface area contributed by atoms with Crippen LogP contribution < -0.4 is 11.1 Å². The van der Waals surface area contributed by atoms with Gasteiger partial charge in [-0.3, -0.25) is 4.79 Å². The summed E-state index contributed by atoms with van der Waals surface area (Å²) in [5.41, 5.74) is 6.10. The van der Waals surface area contributed by atoms with Crippen LogP contribution in [0, 0.1) is 5.82 Å². The van der Waals surface area contributed by atoms with Gasteiger partial charge < -0.3 is 11.1 Å². The molecule has 4 heteroatoms. The molecule has 0 aliphatic heterocycles. The van der Waals surface area contributed by atoms with Gasteiger partial charge in [0.15, 0.2) is 0 Å². The number of rotatable bonds is 5.